The Bertz CT molecular complexity index is 1150. The molecule has 0 aliphatic carbocycles. The molecule has 8 heteroatoms. The van der Waals surface area contributed by atoms with Crippen molar-refractivity contribution in [3.05, 3.63) is 77.3 Å². The molecule has 2 heterocycles. The summed E-state index contributed by atoms with van der Waals surface area (Å²) in [5.74, 6) is 1.46. The molecule has 29 heavy (non-hydrogen) atoms. The third-order valence-corrected chi connectivity index (χ3v) is 4.70. The smallest absolute Gasteiger partial charge is 0.259 e. The van der Waals surface area contributed by atoms with Crippen LogP contribution in [0.1, 0.15) is 16.2 Å². The molecule has 0 atom stereocenters. The molecule has 4 aromatic rings. The lowest BCUT2D eigenvalue weighted by molar-refractivity contribution is 0.102. The normalized spacial score (nSPS) is 10.7. The van der Waals surface area contributed by atoms with Crippen LogP contribution in [0.5, 0.6) is 5.75 Å². The van der Waals surface area contributed by atoms with Crippen molar-refractivity contribution < 1.29 is 9.53 Å². The van der Waals surface area contributed by atoms with Crippen LogP contribution >= 0.6 is 11.6 Å². The number of carbonyl (C=O) groups is 1. The zero-order valence-electron chi connectivity index (χ0n) is 15.8. The van der Waals surface area contributed by atoms with Gasteiger partial charge in [-0.3, -0.25) is 9.89 Å². The van der Waals surface area contributed by atoms with Crippen molar-refractivity contribution in [1.82, 2.24) is 19.7 Å². The van der Waals surface area contributed by atoms with Gasteiger partial charge >= 0.3 is 0 Å². The van der Waals surface area contributed by atoms with E-state index in [4.69, 9.17) is 16.3 Å². The van der Waals surface area contributed by atoms with E-state index in [9.17, 15) is 4.79 Å². The minimum atomic E-state index is -0.315. The maximum Gasteiger partial charge on any atom is 0.259 e. The number of aromatic nitrogens is 4. The SMILES string of the molecule is COc1cc(-n2cccc2)c(Cl)cc1C(=O)Nc1ccc(-c2n[nH]c(C)n2)cc1. The number of amides is 1. The van der Waals surface area contributed by atoms with Crippen LogP contribution in [0.15, 0.2) is 60.9 Å². The molecule has 146 valence electrons. The third kappa shape index (κ3) is 3.86. The molecule has 1 amide bonds. The summed E-state index contributed by atoms with van der Waals surface area (Å²) in [6.45, 7) is 1.84. The topological polar surface area (TPSA) is 84.8 Å². The summed E-state index contributed by atoms with van der Waals surface area (Å²) in [6.07, 6.45) is 3.75. The Labute approximate surface area is 172 Å². The number of hydrogen-bond acceptors (Lipinski definition) is 4. The highest BCUT2D eigenvalue weighted by Crippen LogP contribution is 2.30. The molecule has 0 spiro atoms. The second kappa shape index (κ2) is 7.81. The van der Waals surface area contributed by atoms with Crippen LogP contribution in [0, 0.1) is 6.92 Å². The van der Waals surface area contributed by atoms with E-state index in [1.54, 1.807) is 24.3 Å². The number of H-pyrrole nitrogens is 1. The summed E-state index contributed by atoms with van der Waals surface area (Å²) in [4.78, 5) is 17.1. The van der Waals surface area contributed by atoms with Crippen molar-refractivity contribution in [2.24, 2.45) is 0 Å². The van der Waals surface area contributed by atoms with Gasteiger partial charge in [-0.2, -0.15) is 5.10 Å². The Hall–Kier alpha value is -3.58. The molecule has 0 bridgehead atoms. The van der Waals surface area contributed by atoms with E-state index in [2.05, 4.69) is 20.5 Å². The number of anilines is 1. The average Bonchev–Trinajstić information content (AvgIpc) is 3.40. The molecule has 0 aliphatic heterocycles. The van der Waals surface area contributed by atoms with Gasteiger partial charge in [0, 0.05) is 29.7 Å². The highest BCUT2D eigenvalue weighted by molar-refractivity contribution is 6.33. The number of aryl methyl sites for hydroxylation is 1. The zero-order chi connectivity index (χ0) is 20.4. The summed E-state index contributed by atoms with van der Waals surface area (Å²) >= 11 is 6.41. The van der Waals surface area contributed by atoms with Gasteiger partial charge in [-0.25, -0.2) is 4.98 Å². The van der Waals surface area contributed by atoms with Gasteiger partial charge in [0.25, 0.3) is 5.91 Å². The standard InChI is InChI=1S/C21H18ClN5O2/c1-13-23-20(26-25-13)14-5-7-15(8-6-14)24-21(28)16-11-17(22)18(12-19(16)29-2)27-9-3-4-10-27/h3-12H,1-2H3,(H,24,28)(H,23,25,26). The highest BCUT2D eigenvalue weighted by Gasteiger charge is 2.17. The van der Waals surface area contributed by atoms with Crippen LogP contribution in [-0.2, 0) is 0 Å². The second-order valence-corrected chi connectivity index (χ2v) is 6.78. The number of benzene rings is 2. The largest absolute Gasteiger partial charge is 0.496 e. The lowest BCUT2D eigenvalue weighted by Gasteiger charge is -2.14. The Morgan fingerprint density at radius 3 is 2.52 bits per heavy atom. The number of halogens is 1. The van der Waals surface area contributed by atoms with Crippen LogP contribution in [0.3, 0.4) is 0 Å². The molecule has 2 N–H and O–H groups in total. The number of hydrogen-bond donors (Lipinski definition) is 2. The Morgan fingerprint density at radius 2 is 1.90 bits per heavy atom. The molecule has 2 aromatic heterocycles. The van der Waals surface area contributed by atoms with Crippen molar-refractivity contribution in [1.29, 1.82) is 0 Å². The van der Waals surface area contributed by atoms with Gasteiger partial charge < -0.3 is 14.6 Å². The second-order valence-electron chi connectivity index (χ2n) is 6.37. The van der Waals surface area contributed by atoms with Crippen LogP contribution in [0.4, 0.5) is 5.69 Å². The summed E-state index contributed by atoms with van der Waals surface area (Å²) in [7, 11) is 1.52. The number of nitrogens with one attached hydrogen (secondary N) is 2. The van der Waals surface area contributed by atoms with Crippen molar-refractivity contribution in [2.45, 2.75) is 6.92 Å². The number of methoxy groups -OCH3 is 1. The van der Waals surface area contributed by atoms with E-state index in [1.165, 1.54) is 7.11 Å². The molecule has 0 radical (unpaired) electrons. The minimum Gasteiger partial charge on any atom is -0.496 e. The molecule has 0 saturated heterocycles. The minimum absolute atomic E-state index is 0.315. The zero-order valence-corrected chi connectivity index (χ0v) is 16.6. The lowest BCUT2D eigenvalue weighted by atomic mass is 10.1. The fraction of sp³-hybridized carbons (Fsp3) is 0.0952. The maximum absolute atomic E-state index is 12.8. The van der Waals surface area contributed by atoms with E-state index >= 15 is 0 Å². The number of ether oxygens (including phenoxy) is 1. The number of rotatable bonds is 5. The Balaban J connectivity index is 1.57. The van der Waals surface area contributed by atoms with Crippen LogP contribution in [0.2, 0.25) is 5.02 Å². The Kier molecular flexibility index (Phi) is 5.05. The average molecular weight is 408 g/mol. The first kappa shape index (κ1) is 18.8. The molecular weight excluding hydrogens is 390 g/mol. The van der Waals surface area contributed by atoms with Gasteiger partial charge in [-0.05, 0) is 49.4 Å². The van der Waals surface area contributed by atoms with Gasteiger partial charge in [-0.1, -0.05) is 11.6 Å². The fourth-order valence-corrected chi connectivity index (χ4v) is 3.22. The molecule has 7 nitrogen and oxygen atoms in total. The van der Waals surface area contributed by atoms with E-state index in [0.29, 0.717) is 27.8 Å². The van der Waals surface area contributed by atoms with Crippen LogP contribution in [0.25, 0.3) is 17.1 Å². The van der Waals surface area contributed by atoms with Crippen molar-refractivity contribution in [2.75, 3.05) is 12.4 Å². The summed E-state index contributed by atoms with van der Waals surface area (Å²) < 4.78 is 7.28. The van der Waals surface area contributed by atoms with Gasteiger partial charge in [0.2, 0.25) is 0 Å². The molecule has 0 unspecified atom stereocenters. The molecular formula is C21H18ClN5O2. The van der Waals surface area contributed by atoms with Gasteiger partial charge in [0.05, 0.1) is 23.4 Å². The Morgan fingerprint density at radius 1 is 1.17 bits per heavy atom. The van der Waals surface area contributed by atoms with Crippen LogP contribution < -0.4 is 10.1 Å². The summed E-state index contributed by atoms with van der Waals surface area (Å²) in [5.41, 5.74) is 2.57. The van der Waals surface area contributed by atoms with E-state index in [-0.39, 0.29) is 5.91 Å². The monoisotopic (exact) mass is 407 g/mol. The maximum atomic E-state index is 12.8. The molecule has 0 aliphatic rings. The first-order valence-corrected chi connectivity index (χ1v) is 9.24. The van der Waals surface area contributed by atoms with E-state index in [1.807, 2.05) is 48.1 Å². The van der Waals surface area contributed by atoms with Crippen LogP contribution in [-0.4, -0.2) is 32.8 Å². The number of nitrogens with zero attached hydrogens (tertiary/aromatic N) is 3. The van der Waals surface area contributed by atoms with Gasteiger partial charge in [-0.15, -0.1) is 0 Å². The number of aromatic amines is 1. The van der Waals surface area contributed by atoms with Crippen molar-refractivity contribution >= 4 is 23.2 Å². The molecule has 4 rings (SSSR count). The lowest BCUT2D eigenvalue weighted by Crippen LogP contribution is -2.13. The van der Waals surface area contributed by atoms with Crippen molar-refractivity contribution in [3.63, 3.8) is 0 Å². The molecule has 0 saturated carbocycles. The molecule has 0 fully saturated rings. The van der Waals surface area contributed by atoms with E-state index in [0.717, 1.165) is 17.1 Å². The summed E-state index contributed by atoms with van der Waals surface area (Å²) in [5, 5.41) is 10.3. The van der Waals surface area contributed by atoms with E-state index < -0.39 is 0 Å². The first-order valence-electron chi connectivity index (χ1n) is 8.87. The van der Waals surface area contributed by atoms with Crippen molar-refractivity contribution in [3.8, 4) is 22.8 Å². The quantitative estimate of drug-likeness (QED) is 0.510. The predicted molar refractivity (Wildman–Crippen MR) is 112 cm³/mol. The third-order valence-electron chi connectivity index (χ3n) is 4.39. The van der Waals surface area contributed by atoms with Gasteiger partial charge in [0.15, 0.2) is 5.82 Å². The highest BCUT2D eigenvalue weighted by atomic mass is 35.5. The predicted octanol–water partition coefficient (Wildman–Crippen LogP) is 4.49. The summed E-state index contributed by atoms with van der Waals surface area (Å²) in [6, 6.07) is 14.4. The first-order chi connectivity index (χ1) is 14.0. The fourth-order valence-electron chi connectivity index (χ4n) is 2.95. The molecule has 2 aromatic carbocycles. The number of carbonyl (C=O) groups excluding carboxylic acids is 1. The van der Waals surface area contributed by atoms with Gasteiger partial charge in [0.1, 0.15) is 11.6 Å².